The first-order chi connectivity index (χ1) is 8.43. The number of aromatic nitrogens is 1. The Morgan fingerprint density at radius 2 is 2.28 bits per heavy atom. The first-order valence-corrected chi connectivity index (χ1v) is 6.08. The van der Waals surface area contributed by atoms with Crippen molar-refractivity contribution >= 4 is 23.1 Å². The van der Waals surface area contributed by atoms with Gasteiger partial charge in [-0.05, 0) is 12.3 Å². The monoisotopic (exact) mass is 272 g/mol. The van der Waals surface area contributed by atoms with Crippen molar-refractivity contribution in [3.05, 3.63) is 27.4 Å². The van der Waals surface area contributed by atoms with Crippen LogP contribution in [0.3, 0.4) is 0 Å². The van der Waals surface area contributed by atoms with E-state index in [2.05, 4.69) is 24.1 Å². The quantitative estimate of drug-likeness (QED) is 0.613. The van der Waals surface area contributed by atoms with Crippen LogP contribution < -0.4 is 11.1 Å². The molecule has 100 valence electrons. The van der Waals surface area contributed by atoms with E-state index in [0.29, 0.717) is 12.5 Å². The first kappa shape index (κ1) is 14.7. The highest BCUT2D eigenvalue weighted by molar-refractivity contribution is 6.30. The Morgan fingerprint density at radius 3 is 2.78 bits per heavy atom. The van der Waals surface area contributed by atoms with E-state index >= 15 is 0 Å². The van der Waals surface area contributed by atoms with E-state index in [1.807, 2.05) is 0 Å². The van der Waals surface area contributed by atoms with Gasteiger partial charge < -0.3 is 11.1 Å². The second-order valence-corrected chi connectivity index (χ2v) is 4.92. The van der Waals surface area contributed by atoms with Gasteiger partial charge in [-0.2, -0.15) is 0 Å². The second kappa shape index (κ2) is 6.51. The molecule has 0 amide bonds. The maximum Gasteiger partial charge on any atom is 0.312 e. The number of nitrogens with two attached hydrogens (primary N) is 1. The summed E-state index contributed by atoms with van der Waals surface area (Å²) in [5.74, 6) is 0.651. The zero-order valence-corrected chi connectivity index (χ0v) is 11.1. The summed E-state index contributed by atoms with van der Waals surface area (Å²) in [7, 11) is 0. The summed E-state index contributed by atoms with van der Waals surface area (Å²) in [6, 6.07) is 1.23. The van der Waals surface area contributed by atoms with Crippen LogP contribution in [0.1, 0.15) is 20.3 Å². The van der Waals surface area contributed by atoms with Gasteiger partial charge in [-0.15, -0.1) is 0 Å². The highest BCUT2D eigenvalue weighted by Gasteiger charge is 2.19. The number of rotatable bonds is 6. The summed E-state index contributed by atoms with van der Waals surface area (Å²) in [5, 5.41) is 14.1. The summed E-state index contributed by atoms with van der Waals surface area (Å²) in [6.45, 7) is 4.52. The van der Waals surface area contributed by atoms with Gasteiger partial charge in [-0.25, -0.2) is 4.98 Å². The highest BCUT2D eigenvalue weighted by Crippen LogP contribution is 2.26. The van der Waals surface area contributed by atoms with Crippen molar-refractivity contribution in [2.75, 3.05) is 11.9 Å². The third kappa shape index (κ3) is 4.12. The van der Waals surface area contributed by atoms with Gasteiger partial charge in [0.05, 0.1) is 9.95 Å². The number of hydrogen-bond acceptors (Lipinski definition) is 5. The molecule has 1 aromatic heterocycles. The van der Waals surface area contributed by atoms with E-state index in [1.165, 1.54) is 12.3 Å². The van der Waals surface area contributed by atoms with E-state index in [0.717, 1.165) is 6.42 Å². The number of pyridine rings is 1. The van der Waals surface area contributed by atoms with Gasteiger partial charge >= 0.3 is 5.69 Å². The Kier molecular flexibility index (Phi) is 5.30. The molecule has 0 aliphatic rings. The van der Waals surface area contributed by atoms with Gasteiger partial charge in [0.25, 0.3) is 0 Å². The lowest BCUT2D eigenvalue weighted by Gasteiger charge is -2.19. The molecule has 1 atom stereocenters. The first-order valence-electron chi connectivity index (χ1n) is 5.70. The minimum absolute atomic E-state index is 0.0441. The molecule has 1 rings (SSSR count). The molecule has 6 nitrogen and oxygen atoms in total. The van der Waals surface area contributed by atoms with Crippen LogP contribution in [0.2, 0.25) is 5.02 Å². The fourth-order valence-electron chi connectivity index (χ4n) is 1.66. The summed E-state index contributed by atoms with van der Waals surface area (Å²) in [4.78, 5) is 14.3. The summed E-state index contributed by atoms with van der Waals surface area (Å²) >= 11 is 5.70. The maximum atomic E-state index is 10.9. The van der Waals surface area contributed by atoms with Crippen molar-refractivity contribution in [3.8, 4) is 0 Å². The van der Waals surface area contributed by atoms with Gasteiger partial charge in [-0.3, -0.25) is 10.1 Å². The van der Waals surface area contributed by atoms with Crippen molar-refractivity contribution in [1.82, 2.24) is 4.98 Å². The molecule has 0 radical (unpaired) electrons. The molecule has 1 heterocycles. The van der Waals surface area contributed by atoms with Crippen molar-refractivity contribution in [2.45, 2.75) is 26.3 Å². The van der Waals surface area contributed by atoms with Gasteiger partial charge in [0.15, 0.2) is 0 Å². The van der Waals surface area contributed by atoms with Gasteiger partial charge in [-0.1, -0.05) is 25.4 Å². The smallest absolute Gasteiger partial charge is 0.312 e. The molecule has 0 saturated carbocycles. The summed E-state index contributed by atoms with van der Waals surface area (Å²) < 4.78 is 0. The zero-order valence-electron chi connectivity index (χ0n) is 10.4. The Labute approximate surface area is 111 Å². The molecule has 0 bridgehead atoms. The molecule has 0 aromatic carbocycles. The van der Waals surface area contributed by atoms with E-state index in [1.54, 1.807) is 0 Å². The van der Waals surface area contributed by atoms with Crippen LogP contribution in [0, 0.1) is 16.0 Å². The molecule has 0 aliphatic carbocycles. The highest BCUT2D eigenvalue weighted by atomic mass is 35.5. The topological polar surface area (TPSA) is 94.1 Å². The average molecular weight is 273 g/mol. The molecule has 0 saturated heterocycles. The summed E-state index contributed by atoms with van der Waals surface area (Å²) in [6.07, 6.45) is 2.19. The lowest BCUT2D eigenvalue weighted by atomic mass is 10.0. The SMILES string of the molecule is CC(C)CC(CN)Nc1ncc(Cl)cc1[N+](=O)[O-]. The largest absolute Gasteiger partial charge is 0.360 e. The number of anilines is 1. The molecule has 0 aliphatic heterocycles. The van der Waals surface area contributed by atoms with Gasteiger partial charge in [0.2, 0.25) is 5.82 Å². The fourth-order valence-corrected chi connectivity index (χ4v) is 1.81. The van der Waals surface area contributed by atoms with E-state index < -0.39 is 4.92 Å². The van der Waals surface area contributed by atoms with Crippen LogP contribution in [0.15, 0.2) is 12.3 Å². The zero-order chi connectivity index (χ0) is 13.7. The number of nitro groups is 1. The molecule has 1 aromatic rings. The second-order valence-electron chi connectivity index (χ2n) is 4.48. The van der Waals surface area contributed by atoms with Crippen LogP contribution in [-0.4, -0.2) is 22.5 Å². The van der Waals surface area contributed by atoms with Crippen LogP contribution in [0.25, 0.3) is 0 Å². The number of hydrogen-bond donors (Lipinski definition) is 2. The third-order valence-electron chi connectivity index (χ3n) is 2.41. The number of nitrogens with zero attached hydrogens (tertiary/aromatic N) is 2. The lowest BCUT2D eigenvalue weighted by molar-refractivity contribution is -0.384. The molecule has 3 N–H and O–H groups in total. The standard InChI is InChI=1S/C11H17ClN4O2/c1-7(2)3-9(5-13)15-11-10(16(17)18)4-8(12)6-14-11/h4,6-7,9H,3,5,13H2,1-2H3,(H,14,15). The Bertz CT molecular complexity index is 426. The third-order valence-corrected chi connectivity index (χ3v) is 2.62. The Hall–Kier alpha value is -1.40. The normalized spacial score (nSPS) is 12.5. The molecule has 0 spiro atoms. The molecule has 0 fully saturated rings. The van der Waals surface area contributed by atoms with E-state index in [9.17, 15) is 10.1 Å². The van der Waals surface area contributed by atoms with Crippen LogP contribution in [0.4, 0.5) is 11.5 Å². The fraction of sp³-hybridized carbons (Fsp3) is 0.545. The van der Waals surface area contributed by atoms with Crippen molar-refractivity contribution in [1.29, 1.82) is 0 Å². The van der Waals surface area contributed by atoms with Crippen molar-refractivity contribution in [3.63, 3.8) is 0 Å². The maximum absolute atomic E-state index is 10.9. The van der Waals surface area contributed by atoms with E-state index in [4.69, 9.17) is 17.3 Å². The predicted octanol–water partition coefficient (Wildman–Crippen LogP) is 2.43. The minimum atomic E-state index is -0.510. The Balaban J connectivity index is 2.91. The molecular weight excluding hydrogens is 256 g/mol. The van der Waals surface area contributed by atoms with Crippen molar-refractivity contribution in [2.24, 2.45) is 11.7 Å². The number of nitrogens with one attached hydrogen (secondary N) is 1. The minimum Gasteiger partial charge on any atom is -0.360 e. The van der Waals surface area contributed by atoms with Gasteiger partial charge in [0.1, 0.15) is 0 Å². The lowest BCUT2D eigenvalue weighted by Crippen LogP contribution is -2.30. The van der Waals surface area contributed by atoms with Crippen molar-refractivity contribution < 1.29 is 4.92 Å². The molecular formula is C11H17ClN4O2. The van der Waals surface area contributed by atoms with Gasteiger partial charge in [0, 0.05) is 24.8 Å². The average Bonchev–Trinajstić information content (AvgIpc) is 2.29. The van der Waals surface area contributed by atoms with E-state index in [-0.39, 0.29) is 22.6 Å². The Morgan fingerprint density at radius 1 is 1.61 bits per heavy atom. The number of halogens is 1. The van der Waals surface area contributed by atoms with Crippen LogP contribution in [0.5, 0.6) is 0 Å². The summed E-state index contributed by atoms with van der Waals surface area (Å²) in [5.41, 5.74) is 5.50. The molecule has 18 heavy (non-hydrogen) atoms. The molecule has 7 heteroatoms. The predicted molar refractivity (Wildman–Crippen MR) is 71.8 cm³/mol. The molecule has 1 unspecified atom stereocenters. The van der Waals surface area contributed by atoms with Crippen LogP contribution in [-0.2, 0) is 0 Å². The van der Waals surface area contributed by atoms with Crippen LogP contribution >= 0.6 is 11.6 Å².